The number of fused-ring (bicyclic) bond motifs is 2. The van der Waals surface area contributed by atoms with Gasteiger partial charge < -0.3 is 14.6 Å². The molecule has 0 atom stereocenters. The summed E-state index contributed by atoms with van der Waals surface area (Å²) in [4.78, 5) is 29.9. The molecule has 2 aromatic carbocycles. The van der Waals surface area contributed by atoms with Crippen LogP contribution < -0.4 is 15.0 Å². The molecular weight excluding hydrogens is 488 g/mol. The number of rotatable bonds is 6. The number of carboxylic acid groups (broad SMARTS) is 1. The van der Waals surface area contributed by atoms with Gasteiger partial charge >= 0.3 is 5.97 Å². The standard InChI is InChI=1S/C26H21ClN2O5S/c1-14-21-24(35-22(14)26(31)32)28-23-17(9-10-29(23)25(21)30)11-16-5-8-19(20(12-16)33-2)34-13-15-3-6-18(27)7-4-15/h3-8,11-12H,9-10,13H2,1-2H3,(H,31,32)/b17-11-. The molecule has 178 valence electrons. The van der Waals surface area contributed by atoms with E-state index in [1.54, 1.807) is 18.6 Å². The molecule has 3 heterocycles. The van der Waals surface area contributed by atoms with E-state index < -0.39 is 5.97 Å². The zero-order valence-corrected chi connectivity index (χ0v) is 20.6. The molecule has 1 N–H and O–H groups in total. The third-order valence-corrected chi connectivity index (χ3v) is 7.40. The SMILES string of the molecule is COc1cc(/C=C2/CCn3c2nc2sc(C(=O)O)c(C)c2c3=O)ccc1OCc1ccc(Cl)cc1. The van der Waals surface area contributed by atoms with E-state index in [4.69, 9.17) is 21.1 Å². The highest BCUT2D eigenvalue weighted by molar-refractivity contribution is 7.20. The fourth-order valence-corrected chi connectivity index (χ4v) is 5.33. The average molecular weight is 509 g/mol. The summed E-state index contributed by atoms with van der Waals surface area (Å²) in [5.74, 6) is 0.730. The molecule has 7 nitrogen and oxygen atoms in total. The van der Waals surface area contributed by atoms with E-state index in [0.717, 1.165) is 28.0 Å². The maximum absolute atomic E-state index is 13.1. The normalized spacial score (nSPS) is 13.9. The monoisotopic (exact) mass is 508 g/mol. The number of thiophene rings is 1. The van der Waals surface area contributed by atoms with Gasteiger partial charge in [-0.15, -0.1) is 11.3 Å². The Bertz CT molecular complexity index is 1550. The van der Waals surface area contributed by atoms with Gasteiger partial charge in [0.25, 0.3) is 5.56 Å². The zero-order valence-electron chi connectivity index (χ0n) is 19.0. The van der Waals surface area contributed by atoms with Gasteiger partial charge in [0.05, 0.1) is 12.5 Å². The topological polar surface area (TPSA) is 90.7 Å². The molecule has 9 heteroatoms. The number of allylic oxidation sites excluding steroid dienone is 1. The Kier molecular flexibility index (Phi) is 6.08. The molecule has 0 spiro atoms. The maximum Gasteiger partial charge on any atom is 0.346 e. The van der Waals surface area contributed by atoms with E-state index in [0.29, 0.717) is 57.7 Å². The molecule has 0 radical (unpaired) electrons. The molecule has 0 fully saturated rings. The minimum Gasteiger partial charge on any atom is -0.493 e. The summed E-state index contributed by atoms with van der Waals surface area (Å²) in [6.45, 7) is 2.54. The van der Waals surface area contributed by atoms with Gasteiger partial charge in [0, 0.05) is 11.6 Å². The van der Waals surface area contributed by atoms with Crippen molar-refractivity contribution in [1.29, 1.82) is 0 Å². The van der Waals surface area contributed by atoms with E-state index in [2.05, 4.69) is 4.98 Å². The molecule has 1 aliphatic rings. The first-order valence-electron chi connectivity index (χ1n) is 10.9. The van der Waals surface area contributed by atoms with Gasteiger partial charge in [0.2, 0.25) is 0 Å². The highest BCUT2D eigenvalue weighted by Crippen LogP contribution is 2.34. The second-order valence-corrected chi connectivity index (χ2v) is 9.61. The predicted molar refractivity (Wildman–Crippen MR) is 137 cm³/mol. The minimum absolute atomic E-state index is 0.151. The second-order valence-electron chi connectivity index (χ2n) is 8.18. The second kappa shape index (κ2) is 9.20. The Morgan fingerprint density at radius 1 is 1.23 bits per heavy atom. The Morgan fingerprint density at radius 3 is 2.71 bits per heavy atom. The fourth-order valence-electron chi connectivity index (χ4n) is 4.19. The van der Waals surface area contributed by atoms with Crippen LogP contribution in [-0.4, -0.2) is 27.7 Å². The van der Waals surface area contributed by atoms with Gasteiger partial charge in [-0.3, -0.25) is 9.36 Å². The number of nitrogens with zero attached hydrogens (tertiary/aromatic N) is 2. The van der Waals surface area contributed by atoms with Crippen LogP contribution in [0.25, 0.3) is 21.9 Å². The van der Waals surface area contributed by atoms with Crippen LogP contribution in [0.5, 0.6) is 11.5 Å². The smallest absolute Gasteiger partial charge is 0.346 e. The quantitative estimate of drug-likeness (QED) is 0.362. The highest BCUT2D eigenvalue weighted by Gasteiger charge is 2.25. The van der Waals surface area contributed by atoms with Crippen LogP contribution in [0.3, 0.4) is 0 Å². The van der Waals surface area contributed by atoms with Crippen molar-refractivity contribution in [2.75, 3.05) is 7.11 Å². The molecular formula is C26H21ClN2O5S. The molecule has 1 aliphatic heterocycles. The lowest BCUT2D eigenvalue weighted by Gasteiger charge is -2.12. The van der Waals surface area contributed by atoms with Gasteiger partial charge in [0.1, 0.15) is 22.1 Å². The third kappa shape index (κ3) is 4.31. The molecule has 0 amide bonds. The summed E-state index contributed by atoms with van der Waals surface area (Å²) in [7, 11) is 1.59. The summed E-state index contributed by atoms with van der Waals surface area (Å²) < 4.78 is 13.1. The fraction of sp³-hybridized carbons (Fsp3) is 0.192. The predicted octanol–water partition coefficient (Wildman–Crippen LogP) is 5.65. The van der Waals surface area contributed by atoms with E-state index >= 15 is 0 Å². The van der Waals surface area contributed by atoms with Crippen molar-refractivity contribution in [3.63, 3.8) is 0 Å². The maximum atomic E-state index is 13.1. The summed E-state index contributed by atoms with van der Waals surface area (Å²) >= 11 is 6.98. The van der Waals surface area contributed by atoms with E-state index in [1.165, 1.54) is 0 Å². The van der Waals surface area contributed by atoms with Gasteiger partial charge in [-0.05, 0) is 65.9 Å². The van der Waals surface area contributed by atoms with Gasteiger partial charge in [-0.1, -0.05) is 29.8 Å². The first kappa shape index (κ1) is 23.1. The Labute approximate surface area is 209 Å². The number of halogens is 1. The summed E-state index contributed by atoms with van der Waals surface area (Å²) in [5.41, 5.74) is 3.05. The zero-order chi connectivity index (χ0) is 24.7. The molecule has 0 saturated heterocycles. The van der Waals surface area contributed by atoms with Gasteiger partial charge in [-0.2, -0.15) is 0 Å². The van der Waals surface area contributed by atoms with Crippen molar-refractivity contribution in [2.24, 2.45) is 0 Å². The molecule has 5 rings (SSSR count). The van der Waals surface area contributed by atoms with Gasteiger partial charge in [-0.25, -0.2) is 9.78 Å². The number of hydrogen-bond acceptors (Lipinski definition) is 6. The number of carbonyl (C=O) groups is 1. The Balaban J connectivity index is 1.45. The number of aromatic carboxylic acids is 1. The van der Waals surface area contributed by atoms with Crippen molar-refractivity contribution in [3.8, 4) is 11.5 Å². The molecule has 35 heavy (non-hydrogen) atoms. The number of ether oxygens (including phenoxy) is 2. The third-order valence-electron chi connectivity index (χ3n) is 5.97. The number of benzene rings is 2. The summed E-state index contributed by atoms with van der Waals surface area (Å²) in [6.07, 6.45) is 2.63. The Morgan fingerprint density at radius 2 is 2.00 bits per heavy atom. The number of aromatic nitrogens is 2. The largest absolute Gasteiger partial charge is 0.493 e. The first-order chi connectivity index (χ1) is 16.9. The van der Waals surface area contributed by atoms with Crippen LogP contribution in [0.1, 0.15) is 38.6 Å². The molecule has 0 aliphatic carbocycles. The highest BCUT2D eigenvalue weighted by atomic mass is 35.5. The van der Waals surface area contributed by atoms with Crippen molar-refractivity contribution in [2.45, 2.75) is 26.5 Å². The molecule has 0 saturated carbocycles. The summed E-state index contributed by atoms with van der Waals surface area (Å²) in [5, 5.41) is 10.5. The van der Waals surface area contributed by atoms with Crippen LogP contribution in [0.2, 0.25) is 5.02 Å². The lowest BCUT2D eigenvalue weighted by molar-refractivity contribution is 0.0701. The number of aryl methyl sites for hydroxylation is 1. The lowest BCUT2D eigenvalue weighted by Crippen LogP contribution is -2.20. The summed E-state index contributed by atoms with van der Waals surface area (Å²) in [6, 6.07) is 13.1. The first-order valence-corrected chi connectivity index (χ1v) is 12.1. The number of methoxy groups -OCH3 is 1. The number of hydrogen-bond donors (Lipinski definition) is 1. The Hall–Kier alpha value is -3.62. The lowest BCUT2D eigenvalue weighted by atomic mass is 10.1. The van der Waals surface area contributed by atoms with Crippen molar-refractivity contribution < 1.29 is 19.4 Å². The van der Waals surface area contributed by atoms with Crippen molar-refractivity contribution in [3.05, 3.63) is 85.2 Å². The molecule has 0 unspecified atom stereocenters. The van der Waals surface area contributed by atoms with Crippen LogP contribution in [-0.2, 0) is 13.2 Å². The van der Waals surface area contributed by atoms with Crippen LogP contribution in [0, 0.1) is 6.92 Å². The van der Waals surface area contributed by atoms with Gasteiger partial charge in [0.15, 0.2) is 11.5 Å². The van der Waals surface area contributed by atoms with E-state index in [-0.39, 0.29) is 10.4 Å². The average Bonchev–Trinajstić information content (AvgIpc) is 3.40. The molecule has 2 aromatic heterocycles. The van der Waals surface area contributed by atoms with Crippen molar-refractivity contribution in [1.82, 2.24) is 9.55 Å². The minimum atomic E-state index is -1.05. The van der Waals surface area contributed by atoms with Crippen LogP contribution >= 0.6 is 22.9 Å². The molecule has 0 bridgehead atoms. The van der Waals surface area contributed by atoms with E-state index in [9.17, 15) is 14.7 Å². The van der Waals surface area contributed by atoms with Crippen LogP contribution in [0.4, 0.5) is 0 Å². The van der Waals surface area contributed by atoms with Crippen molar-refractivity contribution >= 4 is 50.8 Å². The van der Waals surface area contributed by atoms with Crippen LogP contribution in [0.15, 0.2) is 47.3 Å². The van der Waals surface area contributed by atoms with E-state index in [1.807, 2.05) is 48.5 Å². The number of carboxylic acids is 1. The molecule has 4 aromatic rings.